The van der Waals surface area contributed by atoms with Crippen LogP contribution in [0.4, 0.5) is 0 Å². The molecule has 0 aromatic rings. The number of hydrogen-bond acceptors (Lipinski definition) is 4. The second kappa shape index (κ2) is 11.4. The number of piperidine rings is 1. The van der Waals surface area contributed by atoms with E-state index >= 15 is 0 Å². The van der Waals surface area contributed by atoms with Gasteiger partial charge in [0, 0.05) is 58.0 Å². The zero-order valence-electron chi connectivity index (χ0n) is 16.1. The molecule has 0 bridgehead atoms. The van der Waals surface area contributed by atoms with Crippen LogP contribution in [0.25, 0.3) is 0 Å². The van der Waals surface area contributed by atoms with Crippen LogP contribution in [0.3, 0.4) is 0 Å². The molecule has 0 aromatic carbocycles. The first-order chi connectivity index (χ1) is 11.6. The van der Waals surface area contributed by atoms with Crippen molar-refractivity contribution in [3.05, 3.63) is 12.7 Å². The van der Waals surface area contributed by atoms with Gasteiger partial charge in [-0.25, -0.2) is 0 Å². The first-order valence-electron chi connectivity index (χ1n) is 9.15. The van der Waals surface area contributed by atoms with Crippen LogP contribution < -0.4 is 10.6 Å². The topological polar surface area (TPSA) is 52.1 Å². The van der Waals surface area contributed by atoms with E-state index in [-0.39, 0.29) is 29.5 Å². The van der Waals surface area contributed by atoms with Gasteiger partial charge in [0.25, 0.3) is 0 Å². The minimum Gasteiger partial charge on any atom is -0.381 e. The Kier molecular flexibility index (Phi) is 10.3. The van der Waals surface area contributed by atoms with Gasteiger partial charge in [0.1, 0.15) is 0 Å². The third-order valence-electron chi connectivity index (χ3n) is 5.50. The summed E-state index contributed by atoms with van der Waals surface area (Å²) in [4.78, 5) is 9.21. The van der Waals surface area contributed by atoms with Crippen LogP contribution in [0, 0.1) is 0 Å². The second-order valence-corrected chi connectivity index (χ2v) is 7.16. The molecule has 2 heterocycles. The Morgan fingerprint density at radius 2 is 1.96 bits per heavy atom. The highest BCUT2D eigenvalue weighted by molar-refractivity contribution is 14.0. The number of hydrogen-bond donors (Lipinski definition) is 2. The number of aliphatic imine (C=N–C) groups is 1. The Bertz CT molecular complexity index is 416. The highest BCUT2D eigenvalue weighted by Gasteiger charge is 2.35. The van der Waals surface area contributed by atoms with E-state index in [1.165, 1.54) is 0 Å². The predicted molar refractivity (Wildman–Crippen MR) is 116 cm³/mol. The highest BCUT2D eigenvalue weighted by atomic mass is 127. The van der Waals surface area contributed by atoms with E-state index < -0.39 is 0 Å². The molecule has 2 fully saturated rings. The Balaban J connectivity index is 0.00000312. The largest absolute Gasteiger partial charge is 0.381 e. The van der Waals surface area contributed by atoms with Gasteiger partial charge in [0.15, 0.2) is 5.96 Å². The fraction of sp³-hybridized carbons (Fsp3) is 0.833. The standard InChI is InChI=1S/C18H35N5O.HI/c1-5-10-23-11-6-16(7-12-23)21-17(19-2)20-15-18(22(3)4)8-13-24-14-9-18;/h5,16H,1,6-15H2,2-4H3,(H2,19,20,21);1H. The molecule has 2 aliphatic heterocycles. The van der Waals surface area contributed by atoms with Crippen LogP contribution in [0.5, 0.6) is 0 Å². The van der Waals surface area contributed by atoms with Crippen molar-refractivity contribution in [2.75, 3.05) is 60.5 Å². The Labute approximate surface area is 170 Å². The summed E-state index contributed by atoms with van der Waals surface area (Å²) < 4.78 is 5.55. The van der Waals surface area contributed by atoms with E-state index in [4.69, 9.17) is 4.74 Å². The first-order valence-corrected chi connectivity index (χ1v) is 9.15. The maximum absolute atomic E-state index is 5.55. The molecule has 2 aliphatic rings. The summed E-state index contributed by atoms with van der Waals surface area (Å²) in [5.41, 5.74) is 0.156. The molecular weight excluding hydrogens is 429 g/mol. The number of nitrogens with one attached hydrogen (secondary N) is 2. The normalized spacial score (nSPS) is 22.3. The zero-order valence-corrected chi connectivity index (χ0v) is 18.4. The summed E-state index contributed by atoms with van der Waals surface area (Å²) >= 11 is 0. The lowest BCUT2D eigenvalue weighted by Crippen LogP contribution is -2.58. The van der Waals surface area contributed by atoms with Crippen molar-refractivity contribution in [1.82, 2.24) is 20.4 Å². The molecule has 2 saturated heterocycles. The average Bonchev–Trinajstić information content (AvgIpc) is 2.61. The minimum absolute atomic E-state index is 0. The number of likely N-dealkylation sites (tertiary alicyclic amines) is 1. The zero-order chi connectivity index (χ0) is 17.4. The van der Waals surface area contributed by atoms with Gasteiger partial charge in [-0.05, 0) is 39.8 Å². The minimum atomic E-state index is 0. The van der Waals surface area contributed by atoms with Crippen LogP contribution in [-0.2, 0) is 4.74 Å². The van der Waals surface area contributed by atoms with Gasteiger partial charge in [-0.2, -0.15) is 0 Å². The van der Waals surface area contributed by atoms with E-state index in [1.54, 1.807) is 0 Å². The van der Waals surface area contributed by atoms with E-state index in [1.807, 2.05) is 13.1 Å². The molecule has 0 atom stereocenters. The second-order valence-electron chi connectivity index (χ2n) is 7.16. The number of likely N-dealkylation sites (N-methyl/N-ethyl adjacent to an activating group) is 1. The van der Waals surface area contributed by atoms with Crippen molar-refractivity contribution in [3.63, 3.8) is 0 Å². The molecule has 7 heteroatoms. The average molecular weight is 465 g/mol. The van der Waals surface area contributed by atoms with Crippen molar-refractivity contribution in [3.8, 4) is 0 Å². The number of guanidine groups is 1. The number of ether oxygens (including phenoxy) is 1. The highest BCUT2D eigenvalue weighted by Crippen LogP contribution is 2.25. The van der Waals surface area contributed by atoms with E-state index in [0.717, 1.165) is 71.0 Å². The maximum Gasteiger partial charge on any atom is 0.191 e. The van der Waals surface area contributed by atoms with Gasteiger partial charge in [0.2, 0.25) is 0 Å². The summed E-state index contributed by atoms with van der Waals surface area (Å²) in [7, 11) is 6.19. The van der Waals surface area contributed by atoms with Gasteiger partial charge in [-0.1, -0.05) is 6.08 Å². The maximum atomic E-state index is 5.55. The van der Waals surface area contributed by atoms with Crippen molar-refractivity contribution in [2.24, 2.45) is 4.99 Å². The molecule has 0 aliphatic carbocycles. The van der Waals surface area contributed by atoms with E-state index in [2.05, 4.69) is 46.1 Å². The van der Waals surface area contributed by atoms with Crippen LogP contribution in [0.1, 0.15) is 25.7 Å². The molecule has 0 saturated carbocycles. The smallest absolute Gasteiger partial charge is 0.191 e. The van der Waals surface area contributed by atoms with Gasteiger partial charge >= 0.3 is 0 Å². The lowest BCUT2D eigenvalue weighted by molar-refractivity contribution is -0.00504. The van der Waals surface area contributed by atoms with Crippen molar-refractivity contribution >= 4 is 29.9 Å². The first kappa shape index (κ1) is 22.7. The Morgan fingerprint density at radius 3 is 2.48 bits per heavy atom. The van der Waals surface area contributed by atoms with Crippen LogP contribution in [0.15, 0.2) is 17.6 Å². The SMILES string of the molecule is C=CCN1CCC(NC(=NC)NCC2(N(C)C)CCOCC2)CC1.I. The molecule has 0 radical (unpaired) electrons. The van der Waals surface area contributed by atoms with Crippen LogP contribution in [-0.4, -0.2) is 87.9 Å². The number of rotatable bonds is 6. The number of nitrogens with zero attached hydrogens (tertiary/aromatic N) is 3. The van der Waals surface area contributed by atoms with E-state index in [9.17, 15) is 0 Å². The van der Waals surface area contributed by atoms with Crippen LogP contribution in [0.2, 0.25) is 0 Å². The third kappa shape index (κ3) is 6.69. The molecule has 0 aromatic heterocycles. The van der Waals surface area contributed by atoms with Gasteiger partial charge < -0.3 is 20.3 Å². The predicted octanol–water partition coefficient (Wildman–Crippen LogP) is 1.53. The molecule has 2 N–H and O–H groups in total. The summed E-state index contributed by atoms with van der Waals surface area (Å²) in [5, 5.41) is 7.16. The van der Waals surface area contributed by atoms with Crippen LogP contribution >= 0.6 is 24.0 Å². The molecule has 0 amide bonds. The summed E-state index contributed by atoms with van der Waals surface area (Å²) in [5.74, 6) is 0.921. The molecule has 6 nitrogen and oxygen atoms in total. The van der Waals surface area contributed by atoms with Crippen molar-refractivity contribution in [1.29, 1.82) is 0 Å². The lowest BCUT2D eigenvalue weighted by Gasteiger charge is -2.43. The molecule has 146 valence electrons. The lowest BCUT2D eigenvalue weighted by atomic mass is 9.88. The molecule has 0 spiro atoms. The summed E-state index contributed by atoms with van der Waals surface area (Å²) in [6, 6.07) is 0.502. The quantitative estimate of drug-likeness (QED) is 0.270. The van der Waals surface area contributed by atoms with E-state index in [0.29, 0.717) is 6.04 Å². The fourth-order valence-electron chi connectivity index (χ4n) is 3.61. The van der Waals surface area contributed by atoms with Gasteiger partial charge in [-0.3, -0.25) is 9.89 Å². The molecule has 0 unspecified atom stereocenters. The molecular formula is C18H36IN5O. The van der Waals surface area contributed by atoms with Gasteiger partial charge in [0.05, 0.1) is 0 Å². The third-order valence-corrected chi connectivity index (χ3v) is 5.50. The van der Waals surface area contributed by atoms with Gasteiger partial charge in [-0.15, -0.1) is 30.6 Å². The number of halogens is 1. The monoisotopic (exact) mass is 465 g/mol. The summed E-state index contributed by atoms with van der Waals surface area (Å²) in [6.45, 7) is 9.65. The summed E-state index contributed by atoms with van der Waals surface area (Å²) in [6.07, 6.45) is 6.42. The van der Waals surface area contributed by atoms with Crippen molar-refractivity contribution in [2.45, 2.75) is 37.3 Å². The fourth-order valence-corrected chi connectivity index (χ4v) is 3.61. The Hall–Kier alpha value is -0.380. The van der Waals surface area contributed by atoms with Crippen molar-refractivity contribution < 1.29 is 4.74 Å². The Morgan fingerprint density at radius 1 is 1.32 bits per heavy atom. The molecule has 25 heavy (non-hydrogen) atoms. The molecule has 2 rings (SSSR count).